The van der Waals surface area contributed by atoms with Gasteiger partial charge < -0.3 is 9.88 Å². The highest BCUT2D eigenvalue weighted by Crippen LogP contribution is 2.68. The second-order valence-electron chi connectivity index (χ2n) is 6.31. The third kappa shape index (κ3) is 2.01. The highest BCUT2D eigenvalue weighted by molar-refractivity contribution is 5.13. The van der Waals surface area contributed by atoms with Crippen LogP contribution < -0.4 is 5.32 Å². The molecule has 1 heterocycles. The van der Waals surface area contributed by atoms with Gasteiger partial charge in [0, 0.05) is 19.3 Å². The largest absolute Gasteiger partial charge is 0.333 e. The predicted octanol–water partition coefficient (Wildman–Crippen LogP) is 2.67. The van der Waals surface area contributed by atoms with Gasteiger partial charge >= 0.3 is 0 Å². The molecule has 96 valence electrons. The number of nitrogens with zero attached hydrogens (tertiary/aromatic N) is 2. The van der Waals surface area contributed by atoms with Crippen molar-refractivity contribution in [2.75, 3.05) is 6.54 Å². The van der Waals surface area contributed by atoms with E-state index in [4.69, 9.17) is 0 Å². The highest BCUT2D eigenvalue weighted by Gasteiger charge is 2.64. The molecule has 0 aromatic carbocycles. The quantitative estimate of drug-likeness (QED) is 0.850. The average Bonchev–Trinajstić information content (AvgIpc) is 2.63. The molecular weight excluding hydrogens is 210 g/mol. The molecule has 1 fully saturated rings. The Labute approximate surface area is 105 Å². The maximum Gasteiger partial charge on any atom is 0.0948 e. The van der Waals surface area contributed by atoms with Crippen molar-refractivity contribution in [1.82, 2.24) is 14.9 Å². The summed E-state index contributed by atoms with van der Waals surface area (Å²) >= 11 is 0. The van der Waals surface area contributed by atoms with E-state index in [0.717, 1.165) is 25.6 Å². The zero-order valence-electron chi connectivity index (χ0n) is 11.7. The summed E-state index contributed by atoms with van der Waals surface area (Å²) in [5, 5.41) is 3.37. The van der Waals surface area contributed by atoms with Crippen LogP contribution in [0.4, 0.5) is 0 Å². The summed E-state index contributed by atoms with van der Waals surface area (Å²) in [5.74, 6) is 0.754. The molecule has 3 nitrogen and oxygen atoms in total. The van der Waals surface area contributed by atoms with E-state index in [0.29, 0.717) is 10.8 Å². The van der Waals surface area contributed by atoms with Gasteiger partial charge in [0.05, 0.1) is 12.0 Å². The number of hydrogen-bond donors (Lipinski definition) is 1. The first-order chi connectivity index (χ1) is 7.91. The van der Waals surface area contributed by atoms with Crippen LogP contribution in [0.2, 0.25) is 0 Å². The monoisotopic (exact) mass is 235 g/mol. The van der Waals surface area contributed by atoms with Crippen molar-refractivity contribution in [1.29, 1.82) is 0 Å². The van der Waals surface area contributed by atoms with Crippen molar-refractivity contribution >= 4 is 0 Å². The fourth-order valence-corrected chi connectivity index (χ4v) is 2.90. The van der Waals surface area contributed by atoms with Gasteiger partial charge in [-0.1, -0.05) is 34.6 Å². The summed E-state index contributed by atoms with van der Waals surface area (Å²) in [4.78, 5) is 4.27. The summed E-state index contributed by atoms with van der Waals surface area (Å²) in [7, 11) is 0. The van der Waals surface area contributed by atoms with Gasteiger partial charge in [-0.25, -0.2) is 4.98 Å². The fourth-order valence-electron chi connectivity index (χ4n) is 2.90. The summed E-state index contributed by atoms with van der Waals surface area (Å²) in [6.45, 7) is 14.7. The zero-order chi connectivity index (χ0) is 12.7. The maximum absolute atomic E-state index is 4.27. The van der Waals surface area contributed by atoms with Gasteiger partial charge in [-0.05, 0) is 23.3 Å². The first-order valence-corrected chi connectivity index (χ1v) is 6.61. The molecule has 1 saturated carbocycles. The zero-order valence-corrected chi connectivity index (χ0v) is 11.7. The van der Waals surface area contributed by atoms with Crippen molar-refractivity contribution in [3.05, 3.63) is 18.2 Å². The van der Waals surface area contributed by atoms with E-state index in [1.807, 2.05) is 12.5 Å². The highest BCUT2D eigenvalue weighted by atomic mass is 15.1. The van der Waals surface area contributed by atoms with Crippen molar-refractivity contribution < 1.29 is 0 Å². The number of aromatic nitrogens is 2. The second kappa shape index (κ2) is 4.13. The van der Waals surface area contributed by atoms with Crippen molar-refractivity contribution in [3.8, 4) is 0 Å². The van der Waals surface area contributed by atoms with E-state index < -0.39 is 0 Å². The lowest BCUT2D eigenvalue weighted by Gasteiger charge is -2.09. The van der Waals surface area contributed by atoms with Crippen molar-refractivity contribution in [2.45, 2.75) is 47.7 Å². The molecule has 0 radical (unpaired) electrons. The Balaban J connectivity index is 2.03. The molecule has 1 aromatic rings. The summed E-state index contributed by atoms with van der Waals surface area (Å²) in [6, 6.07) is 0. The van der Waals surface area contributed by atoms with Crippen molar-refractivity contribution in [3.63, 3.8) is 0 Å². The Kier molecular flexibility index (Phi) is 3.06. The molecule has 0 bridgehead atoms. The van der Waals surface area contributed by atoms with Gasteiger partial charge in [0.15, 0.2) is 0 Å². The predicted molar refractivity (Wildman–Crippen MR) is 70.7 cm³/mol. The van der Waals surface area contributed by atoms with Crippen LogP contribution in [-0.4, -0.2) is 16.1 Å². The van der Waals surface area contributed by atoms with Crippen LogP contribution >= 0.6 is 0 Å². The number of rotatable bonds is 5. The van der Waals surface area contributed by atoms with Crippen LogP contribution in [-0.2, 0) is 13.1 Å². The molecule has 0 atom stereocenters. The molecule has 3 heteroatoms. The molecule has 0 saturated heterocycles. The van der Waals surface area contributed by atoms with E-state index in [-0.39, 0.29) is 0 Å². The molecule has 0 amide bonds. The van der Waals surface area contributed by atoms with Crippen LogP contribution in [0.15, 0.2) is 12.5 Å². The van der Waals surface area contributed by atoms with Crippen LogP contribution in [0, 0.1) is 16.7 Å². The lowest BCUT2D eigenvalue weighted by molar-refractivity contribution is 0.457. The van der Waals surface area contributed by atoms with E-state index in [1.54, 1.807) is 0 Å². The normalized spacial score (nSPS) is 21.7. The molecule has 1 aliphatic rings. The fraction of sp³-hybridized carbons (Fsp3) is 0.786. The Morgan fingerprint density at radius 2 is 1.94 bits per heavy atom. The molecule has 17 heavy (non-hydrogen) atoms. The first kappa shape index (κ1) is 12.6. The lowest BCUT2D eigenvalue weighted by Crippen LogP contribution is -2.16. The third-order valence-corrected chi connectivity index (χ3v) is 5.05. The van der Waals surface area contributed by atoms with Gasteiger partial charge in [0.1, 0.15) is 0 Å². The third-order valence-electron chi connectivity index (χ3n) is 5.05. The minimum Gasteiger partial charge on any atom is -0.333 e. The van der Waals surface area contributed by atoms with Crippen LogP contribution in [0.1, 0.15) is 40.3 Å². The van der Waals surface area contributed by atoms with Gasteiger partial charge in [0.25, 0.3) is 0 Å². The number of hydrogen-bond acceptors (Lipinski definition) is 2. The minimum atomic E-state index is 0.451. The second-order valence-corrected chi connectivity index (χ2v) is 6.31. The van der Waals surface area contributed by atoms with Gasteiger partial charge in [-0.15, -0.1) is 0 Å². The summed E-state index contributed by atoms with van der Waals surface area (Å²) in [5.41, 5.74) is 2.20. The number of nitrogens with one attached hydrogen (secondary N) is 1. The molecule has 0 aliphatic heterocycles. The lowest BCUT2D eigenvalue weighted by atomic mass is 10.0. The molecule has 0 spiro atoms. The minimum absolute atomic E-state index is 0.451. The Hall–Kier alpha value is -0.830. The van der Waals surface area contributed by atoms with Gasteiger partial charge in [0.2, 0.25) is 0 Å². The topological polar surface area (TPSA) is 29.9 Å². The van der Waals surface area contributed by atoms with E-state index in [1.165, 1.54) is 5.69 Å². The molecule has 2 rings (SSSR count). The first-order valence-electron chi connectivity index (χ1n) is 6.61. The molecule has 1 aliphatic carbocycles. The van der Waals surface area contributed by atoms with Gasteiger partial charge in [-0.3, -0.25) is 0 Å². The standard InChI is InChI=1S/C14H25N3/c1-6-15-7-11-8-16-10-17(11)9-12-13(2,3)14(12,4)5/h8,10,12,15H,6-7,9H2,1-5H3. The van der Waals surface area contributed by atoms with Crippen LogP contribution in [0.25, 0.3) is 0 Å². The van der Waals surface area contributed by atoms with E-state index in [9.17, 15) is 0 Å². The Morgan fingerprint density at radius 1 is 1.29 bits per heavy atom. The summed E-state index contributed by atoms with van der Waals surface area (Å²) in [6.07, 6.45) is 3.95. The molecular formula is C14H25N3. The Bertz CT molecular complexity index is 376. The Morgan fingerprint density at radius 3 is 2.47 bits per heavy atom. The molecule has 0 unspecified atom stereocenters. The van der Waals surface area contributed by atoms with E-state index >= 15 is 0 Å². The smallest absolute Gasteiger partial charge is 0.0948 e. The SMILES string of the molecule is CCNCc1cncn1CC1C(C)(C)C1(C)C. The maximum atomic E-state index is 4.27. The van der Waals surface area contributed by atoms with Crippen LogP contribution in [0.3, 0.4) is 0 Å². The summed E-state index contributed by atoms with van der Waals surface area (Å²) < 4.78 is 2.31. The van der Waals surface area contributed by atoms with E-state index in [2.05, 4.69) is 49.5 Å². The molecule has 1 aromatic heterocycles. The van der Waals surface area contributed by atoms with Crippen molar-refractivity contribution in [2.24, 2.45) is 16.7 Å². The van der Waals surface area contributed by atoms with Crippen LogP contribution in [0.5, 0.6) is 0 Å². The molecule has 1 N–H and O–H groups in total. The van der Waals surface area contributed by atoms with Gasteiger partial charge in [-0.2, -0.15) is 0 Å². The average molecular weight is 235 g/mol. The number of imidazole rings is 1.